The first kappa shape index (κ1) is 21.6. The molecule has 2 atom stereocenters. The summed E-state index contributed by atoms with van der Waals surface area (Å²) in [5.74, 6) is -0.319. The largest absolute Gasteiger partial charge is 0.433 e. The van der Waals surface area contributed by atoms with E-state index in [1.165, 1.54) is 30.6 Å². The molecule has 174 valence electrons. The van der Waals surface area contributed by atoms with Gasteiger partial charge in [-0.05, 0) is 17.7 Å². The normalized spacial score (nSPS) is 21.6. The van der Waals surface area contributed by atoms with Crippen LogP contribution >= 0.6 is 0 Å². The molecule has 12 heteroatoms. The lowest BCUT2D eigenvalue weighted by atomic mass is 9.87. The van der Waals surface area contributed by atoms with Gasteiger partial charge in [-0.2, -0.15) is 13.2 Å². The number of nitrogens with zero attached hydrogens (tertiary/aromatic N) is 5. The zero-order chi connectivity index (χ0) is 24.1. The third kappa shape index (κ3) is 3.29. The van der Waals surface area contributed by atoms with Crippen LogP contribution in [0.3, 0.4) is 0 Å². The molecule has 34 heavy (non-hydrogen) atoms. The lowest BCUT2D eigenvalue weighted by Gasteiger charge is -2.34. The first-order valence-corrected chi connectivity index (χ1v) is 10.1. The molecule has 5 rings (SSSR count). The van der Waals surface area contributed by atoms with Gasteiger partial charge < -0.3 is 4.74 Å². The molecular formula is C22H16F3N5O4. The van der Waals surface area contributed by atoms with E-state index in [0.717, 1.165) is 15.9 Å². The van der Waals surface area contributed by atoms with E-state index in [-0.39, 0.29) is 23.7 Å². The lowest BCUT2D eigenvalue weighted by molar-refractivity contribution is -0.386. The number of amides is 1. The van der Waals surface area contributed by atoms with Crippen LogP contribution in [0.5, 0.6) is 0 Å². The number of hydrogen-bond donors (Lipinski definition) is 0. The van der Waals surface area contributed by atoms with Crippen LogP contribution in [0.1, 0.15) is 11.1 Å². The molecule has 3 heterocycles. The summed E-state index contributed by atoms with van der Waals surface area (Å²) >= 11 is 0. The standard InChI is InChI=1S/C22H16F3N5O4/c23-22(24,25)18-21(13-28(20(31)34-21)12-14-6-2-1-3-7-14)17-15(8-4-9-16(17)30(32)33)29(18)19-26-10-5-11-27-19/h1-11,18H,12-13H2. The van der Waals surface area contributed by atoms with Gasteiger partial charge in [-0.15, -0.1) is 0 Å². The number of carbonyl (C=O) groups is 1. The summed E-state index contributed by atoms with van der Waals surface area (Å²) in [7, 11) is 0. The van der Waals surface area contributed by atoms with Gasteiger partial charge in [-0.1, -0.05) is 36.4 Å². The number of rotatable bonds is 4. The molecule has 1 spiro atoms. The van der Waals surface area contributed by atoms with E-state index in [4.69, 9.17) is 4.74 Å². The number of halogens is 3. The second-order valence-electron chi connectivity index (χ2n) is 7.89. The summed E-state index contributed by atoms with van der Waals surface area (Å²) in [6.07, 6.45) is -3.44. The van der Waals surface area contributed by atoms with Gasteiger partial charge in [0.15, 0.2) is 11.6 Å². The Bertz CT molecular complexity index is 1260. The van der Waals surface area contributed by atoms with Crippen molar-refractivity contribution in [2.45, 2.75) is 24.4 Å². The number of carbonyl (C=O) groups excluding carboxylic acids is 1. The van der Waals surface area contributed by atoms with Crippen molar-refractivity contribution in [2.24, 2.45) is 0 Å². The molecule has 0 bridgehead atoms. The van der Waals surface area contributed by atoms with Crippen molar-refractivity contribution in [1.29, 1.82) is 0 Å². The fraction of sp³-hybridized carbons (Fsp3) is 0.227. The number of nitro groups is 1. The highest BCUT2D eigenvalue weighted by atomic mass is 19.4. The van der Waals surface area contributed by atoms with Crippen molar-refractivity contribution >= 4 is 23.4 Å². The molecule has 1 saturated heterocycles. The average Bonchev–Trinajstić information content (AvgIpc) is 3.28. The average molecular weight is 471 g/mol. The number of anilines is 2. The summed E-state index contributed by atoms with van der Waals surface area (Å²) in [6.45, 7) is -0.574. The van der Waals surface area contributed by atoms with E-state index in [1.54, 1.807) is 30.3 Å². The fourth-order valence-electron chi connectivity index (χ4n) is 4.65. The van der Waals surface area contributed by atoms with Crippen molar-refractivity contribution in [2.75, 3.05) is 11.4 Å². The number of hydrogen-bond acceptors (Lipinski definition) is 7. The molecule has 0 aliphatic carbocycles. The molecule has 1 fully saturated rings. The van der Waals surface area contributed by atoms with Gasteiger partial charge in [0.1, 0.15) is 5.56 Å². The molecule has 2 aliphatic heterocycles. The SMILES string of the molecule is O=C1OC2(CN1Cc1ccccc1)c1c(cccc1[N+](=O)[O-])N(c1ncccn1)C2C(F)(F)F. The maximum atomic E-state index is 14.7. The summed E-state index contributed by atoms with van der Waals surface area (Å²) in [5, 5.41) is 11.9. The van der Waals surface area contributed by atoms with Gasteiger partial charge in [0.05, 0.1) is 17.2 Å². The van der Waals surface area contributed by atoms with Crippen molar-refractivity contribution in [3.05, 3.63) is 88.2 Å². The molecule has 0 N–H and O–H groups in total. The van der Waals surface area contributed by atoms with Crippen LogP contribution < -0.4 is 4.90 Å². The Kier molecular flexibility index (Phi) is 4.88. The monoisotopic (exact) mass is 471 g/mol. The molecule has 2 aliphatic rings. The van der Waals surface area contributed by atoms with Crippen LogP contribution in [0.15, 0.2) is 67.0 Å². The van der Waals surface area contributed by atoms with E-state index >= 15 is 0 Å². The van der Waals surface area contributed by atoms with Crippen LogP contribution in [0.25, 0.3) is 0 Å². The Morgan fingerprint density at radius 3 is 2.44 bits per heavy atom. The number of benzene rings is 2. The molecule has 0 saturated carbocycles. The Morgan fingerprint density at radius 1 is 1.09 bits per heavy atom. The molecule has 9 nitrogen and oxygen atoms in total. The lowest BCUT2D eigenvalue weighted by Crippen LogP contribution is -2.55. The van der Waals surface area contributed by atoms with E-state index in [9.17, 15) is 28.1 Å². The topological polar surface area (TPSA) is 102 Å². The zero-order valence-electron chi connectivity index (χ0n) is 17.3. The minimum atomic E-state index is -4.96. The summed E-state index contributed by atoms with van der Waals surface area (Å²) < 4.78 is 49.6. The number of nitro benzene ring substituents is 1. The number of fused-ring (bicyclic) bond motifs is 2. The van der Waals surface area contributed by atoms with Gasteiger partial charge in [-0.3, -0.25) is 19.9 Å². The van der Waals surface area contributed by atoms with E-state index in [0.29, 0.717) is 5.56 Å². The summed E-state index contributed by atoms with van der Waals surface area (Å²) in [5.41, 5.74) is -2.79. The van der Waals surface area contributed by atoms with E-state index < -0.39 is 41.1 Å². The Balaban J connectivity index is 1.71. The zero-order valence-corrected chi connectivity index (χ0v) is 17.3. The molecule has 2 aromatic carbocycles. The van der Waals surface area contributed by atoms with Gasteiger partial charge in [0.25, 0.3) is 5.69 Å². The highest BCUT2D eigenvalue weighted by Crippen LogP contribution is 2.58. The number of aromatic nitrogens is 2. The Hall–Kier alpha value is -4.22. The Labute approximate surface area is 190 Å². The first-order valence-electron chi connectivity index (χ1n) is 10.1. The van der Waals surface area contributed by atoms with E-state index in [1.807, 2.05) is 0 Å². The molecular weight excluding hydrogens is 455 g/mol. The van der Waals surface area contributed by atoms with Gasteiger partial charge in [-0.25, -0.2) is 14.8 Å². The third-order valence-corrected chi connectivity index (χ3v) is 5.85. The number of alkyl halides is 3. The van der Waals surface area contributed by atoms with Gasteiger partial charge in [0.2, 0.25) is 5.95 Å². The van der Waals surface area contributed by atoms with Crippen LogP contribution in [0.2, 0.25) is 0 Å². The van der Waals surface area contributed by atoms with Crippen LogP contribution in [-0.2, 0) is 16.9 Å². The maximum absolute atomic E-state index is 14.7. The second kappa shape index (κ2) is 7.68. The smallest absolute Gasteiger partial charge is 0.413 e. The predicted molar refractivity (Wildman–Crippen MR) is 112 cm³/mol. The molecule has 3 aromatic rings. The van der Waals surface area contributed by atoms with Crippen molar-refractivity contribution in [1.82, 2.24) is 14.9 Å². The van der Waals surface area contributed by atoms with Crippen LogP contribution in [-0.4, -0.2) is 44.6 Å². The van der Waals surface area contributed by atoms with Crippen molar-refractivity contribution in [3.8, 4) is 0 Å². The van der Waals surface area contributed by atoms with Crippen molar-refractivity contribution < 1.29 is 27.6 Å². The predicted octanol–water partition coefficient (Wildman–Crippen LogP) is 4.32. The Morgan fingerprint density at radius 2 is 1.79 bits per heavy atom. The van der Waals surface area contributed by atoms with Crippen molar-refractivity contribution in [3.63, 3.8) is 0 Å². The van der Waals surface area contributed by atoms with Crippen LogP contribution in [0.4, 0.5) is 35.3 Å². The second-order valence-corrected chi connectivity index (χ2v) is 7.89. The van der Waals surface area contributed by atoms with E-state index in [2.05, 4.69) is 9.97 Å². The first-order chi connectivity index (χ1) is 16.2. The quantitative estimate of drug-likeness (QED) is 0.413. The van der Waals surface area contributed by atoms with Gasteiger partial charge in [0, 0.05) is 25.0 Å². The molecule has 0 radical (unpaired) electrons. The molecule has 2 unspecified atom stereocenters. The number of ether oxygens (including phenoxy) is 1. The fourth-order valence-corrected chi connectivity index (χ4v) is 4.65. The summed E-state index contributed by atoms with van der Waals surface area (Å²) in [6, 6.07) is 11.3. The minimum absolute atomic E-state index is 0.0240. The summed E-state index contributed by atoms with van der Waals surface area (Å²) in [4.78, 5) is 33.7. The highest BCUT2D eigenvalue weighted by molar-refractivity contribution is 5.81. The third-order valence-electron chi connectivity index (χ3n) is 5.85. The minimum Gasteiger partial charge on any atom is -0.433 e. The molecule has 1 aromatic heterocycles. The van der Waals surface area contributed by atoms with Crippen LogP contribution in [0, 0.1) is 10.1 Å². The highest BCUT2D eigenvalue weighted by Gasteiger charge is 2.71. The molecule has 1 amide bonds. The van der Waals surface area contributed by atoms with Gasteiger partial charge >= 0.3 is 12.3 Å². The maximum Gasteiger partial charge on any atom is 0.413 e.